The molecule has 0 amide bonds. The molecule has 0 saturated carbocycles. The second-order valence-electron chi connectivity index (χ2n) is 5.52. The fraction of sp³-hybridized carbons (Fsp3) is 0.412. The van der Waals surface area contributed by atoms with Gasteiger partial charge in [0.2, 0.25) is 0 Å². The molecule has 124 valence electrons. The summed E-state index contributed by atoms with van der Waals surface area (Å²) in [5.41, 5.74) is 3.94. The minimum absolute atomic E-state index is 0.0359. The first-order valence-corrected chi connectivity index (χ1v) is 8.06. The molecule has 0 aliphatic rings. The van der Waals surface area contributed by atoms with Gasteiger partial charge < -0.3 is 20.4 Å². The SMILES string of the molecule is COCCNC(=S)NCCc1cc2ccc(C)c(C)c2[nH]c1=O. The molecule has 0 saturated heterocycles. The number of aryl methyl sites for hydroxylation is 2. The zero-order valence-electron chi connectivity index (χ0n) is 13.8. The lowest BCUT2D eigenvalue weighted by molar-refractivity contribution is 0.204. The molecule has 0 bridgehead atoms. The van der Waals surface area contributed by atoms with Crippen LogP contribution in [-0.2, 0) is 11.2 Å². The topological polar surface area (TPSA) is 66.2 Å². The molecule has 0 spiro atoms. The third kappa shape index (κ3) is 4.53. The Balaban J connectivity index is 2.01. The molecule has 5 nitrogen and oxygen atoms in total. The molecule has 0 aliphatic carbocycles. The third-order valence-corrected chi connectivity index (χ3v) is 4.19. The van der Waals surface area contributed by atoms with Crippen LogP contribution < -0.4 is 16.2 Å². The molecular weight excluding hydrogens is 310 g/mol. The molecule has 2 aromatic rings. The molecule has 23 heavy (non-hydrogen) atoms. The van der Waals surface area contributed by atoms with Crippen LogP contribution >= 0.6 is 12.2 Å². The van der Waals surface area contributed by atoms with E-state index >= 15 is 0 Å². The van der Waals surface area contributed by atoms with Crippen LogP contribution in [0.5, 0.6) is 0 Å². The van der Waals surface area contributed by atoms with Crippen LogP contribution in [0.15, 0.2) is 23.0 Å². The molecule has 1 aromatic heterocycles. The Kier molecular flexibility index (Phi) is 6.12. The van der Waals surface area contributed by atoms with E-state index in [4.69, 9.17) is 17.0 Å². The van der Waals surface area contributed by atoms with Crippen molar-refractivity contribution in [3.8, 4) is 0 Å². The highest BCUT2D eigenvalue weighted by atomic mass is 32.1. The zero-order chi connectivity index (χ0) is 16.8. The molecule has 1 heterocycles. The highest BCUT2D eigenvalue weighted by Gasteiger charge is 2.06. The smallest absolute Gasteiger partial charge is 0.251 e. The number of H-pyrrole nitrogens is 1. The Morgan fingerprint density at radius 2 is 2.00 bits per heavy atom. The van der Waals surface area contributed by atoms with Crippen LogP contribution in [0.25, 0.3) is 10.9 Å². The number of aromatic nitrogens is 1. The van der Waals surface area contributed by atoms with Crippen molar-refractivity contribution in [2.24, 2.45) is 0 Å². The molecule has 2 rings (SSSR count). The van der Waals surface area contributed by atoms with Gasteiger partial charge in [0.05, 0.1) is 12.1 Å². The van der Waals surface area contributed by atoms with Gasteiger partial charge in [0.15, 0.2) is 5.11 Å². The van der Waals surface area contributed by atoms with Crippen molar-refractivity contribution in [2.45, 2.75) is 20.3 Å². The lowest BCUT2D eigenvalue weighted by Gasteiger charge is -2.11. The Bertz CT molecular complexity index is 755. The van der Waals surface area contributed by atoms with Gasteiger partial charge in [-0.25, -0.2) is 0 Å². The van der Waals surface area contributed by atoms with Crippen molar-refractivity contribution in [3.63, 3.8) is 0 Å². The summed E-state index contributed by atoms with van der Waals surface area (Å²) in [6.45, 7) is 5.95. The number of pyridine rings is 1. The van der Waals surface area contributed by atoms with Gasteiger partial charge in [0.1, 0.15) is 0 Å². The lowest BCUT2D eigenvalue weighted by Crippen LogP contribution is -2.38. The van der Waals surface area contributed by atoms with Crippen LogP contribution in [0, 0.1) is 13.8 Å². The van der Waals surface area contributed by atoms with Gasteiger partial charge in [-0.1, -0.05) is 12.1 Å². The maximum atomic E-state index is 12.2. The van der Waals surface area contributed by atoms with Crippen LogP contribution in [0.2, 0.25) is 0 Å². The molecule has 3 N–H and O–H groups in total. The van der Waals surface area contributed by atoms with E-state index < -0.39 is 0 Å². The quantitative estimate of drug-likeness (QED) is 0.556. The van der Waals surface area contributed by atoms with E-state index in [1.807, 2.05) is 26.0 Å². The van der Waals surface area contributed by atoms with Crippen molar-refractivity contribution >= 4 is 28.2 Å². The van der Waals surface area contributed by atoms with Gasteiger partial charge in [-0.15, -0.1) is 0 Å². The highest BCUT2D eigenvalue weighted by Crippen LogP contribution is 2.18. The minimum Gasteiger partial charge on any atom is -0.383 e. The number of aromatic amines is 1. The average molecular weight is 333 g/mol. The largest absolute Gasteiger partial charge is 0.383 e. The molecule has 0 radical (unpaired) electrons. The van der Waals surface area contributed by atoms with Crippen LogP contribution in [0.1, 0.15) is 16.7 Å². The summed E-state index contributed by atoms with van der Waals surface area (Å²) in [7, 11) is 1.65. The van der Waals surface area contributed by atoms with Gasteiger partial charge in [-0.05, 0) is 55.1 Å². The highest BCUT2D eigenvalue weighted by molar-refractivity contribution is 7.80. The molecular formula is C17H23N3O2S. The summed E-state index contributed by atoms with van der Waals surface area (Å²) < 4.78 is 4.95. The molecule has 0 fully saturated rings. The number of ether oxygens (including phenoxy) is 1. The minimum atomic E-state index is -0.0359. The lowest BCUT2D eigenvalue weighted by atomic mass is 10.0. The Morgan fingerprint density at radius 1 is 1.26 bits per heavy atom. The van der Waals surface area contributed by atoms with E-state index in [1.54, 1.807) is 7.11 Å². The zero-order valence-corrected chi connectivity index (χ0v) is 14.6. The summed E-state index contributed by atoms with van der Waals surface area (Å²) in [6, 6.07) is 6.08. The van der Waals surface area contributed by atoms with Crippen LogP contribution in [0.4, 0.5) is 0 Å². The Labute approximate surface area is 141 Å². The number of thiocarbonyl (C=S) groups is 1. The maximum Gasteiger partial charge on any atom is 0.251 e. The second-order valence-corrected chi connectivity index (χ2v) is 5.93. The standard InChI is InChI=1S/C17H23N3O2S/c1-11-4-5-13-10-14(16(21)20-15(13)12(11)2)6-7-18-17(23)19-8-9-22-3/h4-5,10H,6-9H2,1-3H3,(H,20,21)(H2,18,19,23). The van der Waals surface area contributed by atoms with Crippen molar-refractivity contribution in [3.05, 3.63) is 45.2 Å². The molecule has 1 aromatic carbocycles. The van der Waals surface area contributed by atoms with Crippen LogP contribution in [-0.4, -0.2) is 36.9 Å². The van der Waals surface area contributed by atoms with Crippen molar-refractivity contribution in [1.29, 1.82) is 0 Å². The summed E-state index contributed by atoms with van der Waals surface area (Å²) in [4.78, 5) is 15.2. The number of benzene rings is 1. The fourth-order valence-electron chi connectivity index (χ4n) is 2.40. The third-order valence-electron chi connectivity index (χ3n) is 3.90. The molecule has 0 atom stereocenters. The number of hydrogen-bond acceptors (Lipinski definition) is 3. The van der Waals surface area contributed by atoms with E-state index in [0.717, 1.165) is 22.0 Å². The fourth-order valence-corrected chi connectivity index (χ4v) is 2.60. The number of hydrogen-bond donors (Lipinski definition) is 3. The predicted molar refractivity (Wildman–Crippen MR) is 98.2 cm³/mol. The summed E-state index contributed by atoms with van der Waals surface area (Å²) in [5.74, 6) is 0. The van der Waals surface area contributed by atoms with E-state index in [-0.39, 0.29) is 5.56 Å². The van der Waals surface area contributed by atoms with Gasteiger partial charge in [0, 0.05) is 25.8 Å². The number of methoxy groups -OCH3 is 1. The number of fused-ring (bicyclic) bond motifs is 1. The van der Waals surface area contributed by atoms with Crippen LogP contribution in [0.3, 0.4) is 0 Å². The summed E-state index contributed by atoms with van der Waals surface area (Å²) in [5, 5.41) is 7.77. The van der Waals surface area contributed by atoms with E-state index in [1.165, 1.54) is 5.56 Å². The first-order valence-electron chi connectivity index (χ1n) is 7.65. The number of rotatable bonds is 6. The van der Waals surface area contributed by atoms with Gasteiger partial charge in [-0.3, -0.25) is 4.79 Å². The van der Waals surface area contributed by atoms with Gasteiger partial charge in [0.25, 0.3) is 5.56 Å². The average Bonchev–Trinajstić information content (AvgIpc) is 2.53. The van der Waals surface area contributed by atoms with E-state index in [2.05, 4.69) is 21.7 Å². The Hall–Kier alpha value is -1.92. The monoisotopic (exact) mass is 333 g/mol. The van der Waals surface area contributed by atoms with E-state index in [0.29, 0.717) is 31.2 Å². The summed E-state index contributed by atoms with van der Waals surface area (Å²) in [6.07, 6.45) is 0.615. The van der Waals surface area contributed by atoms with Crippen molar-refractivity contribution in [1.82, 2.24) is 15.6 Å². The first kappa shape index (κ1) is 17.4. The van der Waals surface area contributed by atoms with Crippen molar-refractivity contribution in [2.75, 3.05) is 26.8 Å². The van der Waals surface area contributed by atoms with E-state index in [9.17, 15) is 4.79 Å². The Morgan fingerprint density at radius 3 is 2.74 bits per heavy atom. The maximum absolute atomic E-state index is 12.2. The van der Waals surface area contributed by atoms with Gasteiger partial charge >= 0.3 is 0 Å². The summed E-state index contributed by atoms with van der Waals surface area (Å²) >= 11 is 5.16. The first-order chi connectivity index (χ1) is 11.0. The predicted octanol–water partition coefficient (Wildman–Crippen LogP) is 1.80. The molecule has 6 heteroatoms. The van der Waals surface area contributed by atoms with Gasteiger partial charge in [-0.2, -0.15) is 0 Å². The number of nitrogens with one attached hydrogen (secondary N) is 3. The molecule has 0 aliphatic heterocycles. The second kappa shape index (κ2) is 8.08. The van der Waals surface area contributed by atoms with Crippen molar-refractivity contribution < 1.29 is 4.74 Å². The normalized spacial score (nSPS) is 10.7. The molecule has 0 unspecified atom stereocenters.